The van der Waals surface area contributed by atoms with Crippen LogP contribution >= 0.6 is 0 Å². The van der Waals surface area contributed by atoms with Crippen molar-refractivity contribution in [1.29, 1.82) is 0 Å². The average Bonchev–Trinajstić information content (AvgIpc) is 2.99. The molecule has 3 aromatic carbocycles. The summed E-state index contributed by atoms with van der Waals surface area (Å²) in [4.78, 5) is 38.7. The molecule has 12 heteroatoms. The van der Waals surface area contributed by atoms with Crippen molar-refractivity contribution in [3.63, 3.8) is 0 Å². The van der Waals surface area contributed by atoms with Gasteiger partial charge in [-0.3, -0.25) is 9.59 Å². The highest BCUT2D eigenvalue weighted by Crippen LogP contribution is 2.39. The van der Waals surface area contributed by atoms with Crippen LogP contribution in [0.5, 0.6) is 28.7 Å². The molecule has 0 saturated heterocycles. The highest BCUT2D eigenvalue weighted by atomic mass is 16.6. The van der Waals surface area contributed by atoms with Gasteiger partial charge in [0.05, 0.1) is 46.8 Å². The van der Waals surface area contributed by atoms with E-state index in [0.29, 0.717) is 47.4 Å². The smallest absolute Gasteiger partial charge is 0.407 e. The Labute approximate surface area is 256 Å². The predicted octanol–water partition coefficient (Wildman–Crippen LogP) is 5.30. The lowest BCUT2D eigenvalue weighted by Gasteiger charge is -2.19. The Bertz CT molecular complexity index is 1460. The number of hydrogen-bond acceptors (Lipinski definition) is 9. The highest BCUT2D eigenvalue weighted by molar-refractivity contribution is 6.13. The third kappa shape index (κ3) is 8.69. The Kier molecular flexibility index (Phi) is 11.3. The van der Waals surface area contributed by atoms with Gasteiger partial charge in [0.15, 0.2) is 23.0 Å². The van der Waals surface area contributed by atoms with Gasteiger partial charge in [-0.1, -0.05) is 12.1 Å². The van der Waals surface area contributed by atoms with E-state index >= 15 is 0 Å². The van der Waals surface area contributed by atoms with Gasteiger partial charge in [0.2, 0.25) is 5.75 Å². The van der Waals surface area contributed by atoms with Gasteiger partial charge in [-0.05, 0) is 63.1 Å². The van der Waals surface area contributed by atoms with E-state index in [9.17, 15) is 14.4 Å². The van der Waals surface area contributed by atoms with E-state index in [4.69, 9.17) is 28.4 Å². The SMILES string of the molecule is COc1cc(NC(=O)c2cc(OC)c(OC)c(OC)c2)c(C(=O)Nc2ccc(CCNC(=O)OC(C)(C)C)cc2)cc1OC. The molecule has 0 bridgehead atoms. The van der Waals surface area contributed by atoms with E-state index in [1.165, 1.54) is 59.8 Å². The van der Waals surface area contributed by atoms with E-state index < -0.39 is 23.5 Å². The van der Waals surface area contributed by atoms with Gasteiger partial charge in [-0.2, -0.15) is 0 Å². The van der Waals surface area contributed by atoms with Crippen LogP contribution < -0.4 is 39.6 Å². The molecule has 0 fully saturated rings. The number of benzene rings is 3. The third-order valence-corrected chi connectivity index (χ3v) is 6.24. The van der Waals surface area contributed by atoms with Gasteiger partial charge >= 0.3 is 6.09 Å². The number of amides is 3. The number of carbonyl (C=O) groups is 3. The van der Waals surface area contributed by atoms with E-state index in [1.807, 2.05) is 12.1 Å². The van der Waals surface area contributed by atoms with Crippen LogP contribution in [0, 0.1) is 0 Å². The van der Waals surface area contributed by atoms with Crippen molar-refractivity contribution in [2.45, 2.75) is 32.8 Å². The third-order valence-electron chi connectivity index (χ3n) is 6.24. The normalized spacial score (nSPS) is 10.7. The zero-order chi connectivity index (χ0) is 32.4. The van der Waals surface area contributed by atoms with Crippen LogP contribution in [0.2, 0.25) is 0 Å². The van der Waals surface area contributed by atoms with Gasteiger partial charge in [0.25, 0.3) is 11.8 Å². The quantitative estimate of drug-likeness (QED) is 0.249. The van der Waals surface area contributed by atoms with E-state index in [2.05, 4.69) is 16.0 Å². The van der Waals surface area contributed by atoms with Crippen molar-refractivity contribution >= 4 is 29.3 Å². The summed E-state index contributed by atoms with van der Waals surface area (Å²) >= 11 is 0. The van der Waals surface area contributed by atoms with Gasteiger partial charge in [-0.25, -0.2) is 4.79 Å². The summed E-state index contributed by atoms with van der Waals surface area (Å²) < 4.78 is 32.1. The Hall–Kier alpha value is -5.13. The Morgan fingerprint density at radius 1 is 0.682 bits per heavy atom. The fraction of sp³-hybridized carbons (Fsp3) is 0.344. The largest absolute Gasteiger partial charge is 0.493 e. The molecular formula is C32H39N3O9. The van der Waals surface area contributed by atoms with E-state index in [0.717, 1.165) is 5.56 Å². The first-order valence-electron chi connectivity index (χ1n) is 13.7. The highest BCUT2D eigenvalue weighted by Gasteiger charge is 2.22. The van der Waals surface area contributed by atoms with Crippen molar-refractivity contribution in [2.75, 3.05) is 52.7 Å². The molecule has 44 heavy (non-hydrogen) atoms. The number of ether oxygens (including phenoxy) is 6. The fourth-order valence-electron chi connectivity index (χ4n) is 4.15. The van der Waals surface area contributed by atoms with Crippen molar-refractivity contribution in [2.24, 2.45) is 0 Å². The van der Waals surface area contributed by atoms with E-state index in [1.54, 1.807) is 32.9 Å². The first kappa shape index (κ1) is 33.4. The minimum Gasteiger partial charge on any atom is -0.493 e. The number of nitrogens with one attached hydrogen (secondary N) is 3. The molecule has 0 aliphatic rings. The molecule has 0 aliphatic heterocycles. The molecule has 12 nitrogen and oxygen atoms in total. The van der Waals surface area contributed by atoms with Gasteiger partial charge in [-0.15, -0.1) is 0 Å². The maximum absolute atomic E-state index is 13.5. The molecule has 0 radical (unpaired) electrons. The fourth-order valence-corrected chi connectivity index (χ4v) is 4.15. The minimum atomic E-state index is -0.572. The standard InChI is InChI=1S/C32H39N3O9/c1-32(2,3)44-31(38)33-14-13-19-9-11-21(12-10-19)34-30(37)22-17-24(39-4)25(40-5)18-23(22)35-29(36)20-15-26(41-6)28(43-8)27(16-20)42-7/h9-12,15-18H,13-14H2,1-8H3,(H,33,38)(H,34,37)(H,35,36). The van der Waals surface area contributed by atoms with Gasteiger partial charge in [0, 0.05) is 23.9 Å². The zero-order valence-corrected chi connectivity index (χ0v) is 26.2. The van der Waals surface area contributed by atoms with Crippen LogP contribution in [0.1, 0.15) is 47.1 Å². The molecule has 0 unspecified atom stereocenters. The van der Waals surface area contributed by atoms with Crippen molar-refractivity contribution < 1.29 is 42.8 Å². The molecule has 236 valence electrons. The first-order valence-corrected chi connectivity index (χ1v) is 13.7. The van der Waals surface area contributed by atoms with Crippen molar-refractivity contribution in [3.05, 3.63) is 65.2 Å². The van der Waals surface area contributed by atoms with Gasteiger partial charge in [0.1, 0.15) is 5.60 Å². The summed E-state index contributed by atoms with van der Waals surface area (Å²) in [5, 5.41) is 8.35. The lowest BCUT2D eigenvalue weighted by atomic mass is 10.1. The Morgan fingerprint density at radius 3 is 1.77 bits per heavy atom. The Balaban J connectivity index is 1.80. The maximum atomic E-state index is 13.5. The molecule has 0 atom stereocenters. The molecule has 3 rings (SSSR count). The monoisotopic (exact) mass is 609 g/mol. The first-order chi connectivity index (χ1) is 20.9. The van der Waals surface area contributed by atoms with Crippen LogP contribution in [0.3, 0.4) is 0 Å². The Morgan fingerprint density at radius 2 is 1.25 bits per heavy atom. The van der Waals surface area contributed by atoms with Crippen LogP contribution in [0.15, 0.2) is 48.5 Å². The molecule has 0 aromatic heterocycles. The number of methoxy groups -OCH3 is 5. The lowest BCUT2D eigenvalue weighted by molar-refractivity contribution is 0.0528. The van der Waals surface area contributed by atoms with Crippen molar-refractivity contribution in [1.82, 2.24) is 5.32 Å². The van der Waals surface area contributed by atoms with Crippen LogP contribution in [0.4, 0.5) is 16.2 Å². The van der Waals surface area contributed by atoms with E-state index in [-0.39, 0.29) is 16.8 Å². The summed E-state index contributed by atoms with van der Waals surface area (Å²) in [5.41, 5.74) is 1.42. The second-order valence-corrected chi connectivity index (χ2v) is 10.5. The number of alkyl carbamates (subject to hydrolysis) is 1. The predicted molar refractivity (Wildman–Crippen MR) is 166 cm³/mol. The van der Waals surface area contributed by atoms with Crippen LogP contribution in [0.25, 0.3) is 0 Å². The number of rotatable bonds is 12. The molecule has 3 aromatic rings. The second-order valence-electron chi connectivity index (χ2n) is 10.5. The zero-order valence-electron chi connectivity index (χ0n) is 26.2. The van der Waals surface area contributed by atoms with Crippen LogP contribution in [-0.4, -0.2) is 65.6 Å². The molecule has 0 heterocycles. The second kappa shape index (κ2) is 14.9. The molecular weight excluding hydrogens is 570 g/mol. The number of hydrogen-bond donors (Lipinski definition) is 3. The summed E-state index contributed by atoms with van der Waals surface area (Å²) in [7, 11) is 7.26. The molecule has 0 spiro atoms. The topological polar surface area (TPSA) is 143 Å². The molecule has 0 saturated carbocycles. The van der Waals surface area contributed by atoms with Crippen molar-refractivity contribution in [3.8, 4) is 28.7 Å². The number of anilines is 2. The van der Waals surface area contributed by atoms with Gasteiger partial charge < -0.3 is 44.4 Å². The summed E-state index contributed by atoms with van der Waals surface area (Å²) in [6.45, 7) is 5.79. The maximum Gasteiger partial charge on any atom is 0.407 e. The minimum absolute atomic E-state index is 0.133. The number of carbonyl (C=O) groups excluding carboxylic acids is 3. The lowest BCUT2D eigenvalue weighted by Crippen LogP contribution is -2.33. The van der Waals surface area contributed by atoms with Crippen LogP contribution in [-0.2, 0) is 11.2 Å². The summed E-state index contributed by atoms with van der Waals surface area (Å²) in [6, 6.07) is 13.2. The summed E-state index contributed by atoms with van der Waals surface area (Å²) in [6.07, 6.45) is 0.0877. The molecule has 0 aliphatic carbocycles. The molecule has 3 N–H and O–H groups in total. The summed E-state index contributed by atoms with van der Waals surface area (Å²) in [5.74, 6) is 0.519. The molecule has 3 amide bonds. The average molecular weight is 610 g/mol.